The molecule has 154 valence electrons. The predicted molar refractivity (Wildman–Crippen MR) is 117 cm³/mol. The van der Waals surface area contributed by atoms with Crippen LogP contribution in [0.1, 0.15) is 23.4 Å². The summed E-state index contributed by atoms with van der Waals surface area (Å²) in [6, 6.07) is 13.3. The smallest absolute Gasteiger partial charge is 0.289 e. The highest BCUT2D eigenvalue weighted by molar-refractivity contribution is 7.14. The van der Waals surface area contributed by atoms with Crippen LogP contribution >= 0.6 is 11.3 Å². The van der Waals surface area contributed by atoms with E-state index in [1.54, 1.807) is 28.0 Å². The number of anilines is 1. The Labute approximate surface area is 179 Å². The zero-order valence-corrected chi connectivity index (χ0v) is 17.4. The van der Waals surface area contributed by atoms with Crippen molar-refractivity contribution < 1.29 is 14.0 Å². The summed E-state index contributed by atoms with van der Waals surface area (Å²) in [6.07, 6.45) is 4.46. The minimum atomic E-state index is -0.144. The van der Waals surface area contributed by atoms with Gasteiger partial charge in [-0.2, -0.15) is 0 Å². The Morgan fingerprint density at radius 3 is 2.63 bits per heavy atom. The molecule has 4 rings (SSSR count). The van der Waals surface area contributed by atoms with E-state index in [4.69, 9.17) is 9.40 Å². The molecule has 0 atom stereocenters. The Kier molecular flexibility index (Phi) is 6.09. The topological polar surface area (TPSA) is 66.7 Å². The van der Waals surface area contributed by atoms with Gasteiger partial charge in [0.1, 0.15) is 0 Å². The fourth-order valence-electron chi connectivity index (χ4n) is 3.63. The van der Waals surface area contributed by atoms with Crippen LogP contribution in [0.2, 0.25) is 0 Å². The highest BCUT2D eigenvalue weighted by Gasteiger charge is 2.32. The van der Waals surface area contributed by atoms with E-state index >= 15 is 0 Å². The van der Waals surface area contributed by atoms with Crippen molar-refractivity contribution in [3.8, 4) is 11.3 Å². The lowest BCUT2D eigenvalue weighted by molar-refractivity contribution is -0.123. The van der Waals surface area contributed by atoms with Gasteiger partial charge in [-0.15, -0.1) is 17.9 Å². The number of carbonyl (C=O) groups excluding carboxylic acids is 2. The first-order valence-corrected chi connectivity index (χ1v) is 10.8. The Morgan fingerprint density at radius 2 is 1.97 bits per heavy atom. The normalized spacial score (nSPS) is 14.5. The van der Waals surface area contributed by atoms with Crippen molar-refractivity contribution >= 4 is 28.3 Å². The van der Waals surface area contributed by atoms with Gasteiger partial charge < -0.3 is 9.32 Å². The van der Waals surface area contributed by atoms with Crippen LogP contribution in [0, 0.1) is 5.92 Å². The second-order valence-corrected chi connectivity index (χ2v) is 8.00. The first kappa shape index (κ1) is 20.1. The molecule has 6 nitrogen and oxygen atoms in total. The van der Waals surface area contributed by atoms with Gasteiger partial charge in [-0.1, -0.05) is 36.4 Å². The van der Waals surface area contributed by atoms with Crippen LogP contribution in [0.5, 0.6) is 0 Å². The number of hydrogen-bond acceptors (Lipinski definition) is 5. The van der Waals surface area contributed by atoms with Crippen LogP contribution in [-0.2, 0) is 4.79 Å². The number of amides is 2. The molecule has 0 radical (unpaired) electrons. The van der Waals surface area contributed by atoms with Crippen molar-refractivity contribution in [2.75, 3.05) is 24.5 Å². The van der Waals surface area contributed by atoms with Gasteiger partial charge in [0.2, 0.25) is 5.91 Å². The molecule has 0 aliphatic carbocycles. The zero-order valence-electron chi connectivity index (χ0n) is 16.6. The van der Waals surface area contributed by atoms with Gasteiger partial charge >= 0.3 is 0 Å². The first-order chi connectivity index (χ1) is 14.7. The summed E-state index contributed by atoms with van der Waals surface area (Å²) < 4.78 is 5.21. The Morgan fingerprint density at radius 1 is 1.20 bits per heavy atom. The van der Waals surface area contributed by atoms with Crippen LogP contribution in [0.25, 0.3) is 11.3 Å². The molecule has 0 N–H and O–H groups in total. The summed E-state index contributed by atoms with van der Waals surface area (Å²) in [4.78, 5) is 33.9. The summed E-state index contributed by atoms with van der Waals surface area (Å²) in [6.45, 7) is 5.28. The van der Waals surface area contributed by atoms with Gasteiger partial charge in [-0.25, -0.2) is 4.98 Å². The van der Waals surface area contributed by atoms with Crippen LogP contribution in [0.3, 0.4) is 0 Å². The summed E-state index contributed by atoms with van der Waals surface area (Å²) in [5.41, 5.74) is 1.88. The van der Waals surface area contributed by atoms with Gasteiger partial charge in [0, 0.05) is 36.5 Å². The van der Waals surface area contributed by atoms with Gasteiger partial charge in [-0.05, 0) is 25.0 Å². The number of likely N-dealkylation sites (tertiary alicyclic amines) is 1. The van der Waals surface area contributed by atoms with E-state index < -0.39 is 0 Å². The molecular weight excluding hydrogens is 398 g/mol. The van der Waals surface area contributed by atoms with Crippen molar-refractivity contribution in [3.63, 3.8) is 0 Å². The molecule has 1 saturated heterocycles. The molecule has 7 heteroatoms. The number of benzene rings is 1. The summed E-state index contributed by atoms with van der Waals surface area (Å²) >= 11 is 1.46. The third kappa shape index (κ3) is 4.21. The highest BCUT2D eigenvalue weighted by Crippen LogP contribution is 2.30. The molecule has 0 saturated carbocycles. The number of carbonyl (C=O) groups is 2. The van der Waals surface area contributed by atoms with E-state index in [9.17, 15) is 9.59 Å². The number of hydrogen-bond donors (Lipinski definition) is 0. The molecule has 3 aromatic rings. The fraction of sp³-hybridized carbons (Fsp3) is 0.261. The molecule has 1 aliphatic heterocycles. The van der Waals surface area contributed by atoms with Gasteiger partial charge in [0.15, 0.2) is 10.9 Å². The maximum atomic E-state index is 13.3. The molecule has 0 unspecified atom stereocenters. The molecule has 2 amide bonds. The minimum absolute atomic E-state index is 0.0361. The molecule has 1 fully saturated rings. The molecule has 2 aromatic heterocycles. The molecule has 3 heterocycles. The monoisotopic (exact) mass is 421 g/mol. The van der Waals surface area contributed by atoms with Crippen LogP contribution < -0.4 is 4.90 Å². The lowest BCUT2D eigenvalue weighted by atomic mass is 9.95. The highest BCUT2D eigenvalue weighted by atomic mass is 32.1. The van der Waals surface area contributed by atoms with Crippen LogP contribution in [0.15, 0.2) is 71.2 Å². The molecule has 1 aliphatic rings. The van der Waals surface area contributed by atoms with Crippen molar-refractivity contribution in [2.45, 2.75) is 12.8 Å². The van der Waals surface area contributed by atoms with Gasteiger partial charge in [0.05, 0.1) is 12.0 Å². The quantitative estimate of drug-likeness (QED) is 0.551. The Balaban J connectivity index is 1.44. The average molecular weight is 422 g/mol. The maximum absolute atomic E-state index is 13.3. The van der Waals surface area contributed by atoms with Crippen molar-refractivity contribution in [1.29, 1.82) is 0 Å². The van der Waals surface area contributed by atoms with E-state index in [0.29, 0.717) is 43.4 Å². The number of rotatable bonds is 6. The summed E-state index contributed by atoms with van der Waals surface area (Å²) in [7, 11) is 0. The van der Waals surface area contributed by atoms with E-state index in [2.05, 4.69) is 6.58 Å². The standard InChI is InChI=1S/C23H23N3O3S/c1-2-12-26(23-24-19(16-30-23)17-7-4-3-5-8-17)21(27)18-10-13-25(14-11-18)22(28)20-9-6-15-29-20/h2-9,15-16,18H,1,10-14H2. The number of aromatic nitrogens is 1. The molecule has 0 spiro atoms. The SMILES string of the molecule is C=CCN(C(=O)C1CCN(C(=O)c2ccco2)CC1)c1nc(-c2ccccc2)cs1. The van der Waals surface area contributed by atoms with Gasteiger partial charge in [0.25, 0.3) is 5.91 Å². The number of nitrogens with zero attached hydrogens (tertiary/aromatic N) is 3. The molecular formula is C23H23N3O3S. The Hall–Kier alpha value is -3.19. The molecule has 1 aromatic carbocycles. The second-order valence-electron chi connectivity index (χ2n) is 7.16. The summed E-state index contributed by atoms with van der Waals surface area (Å²) in [5.74, 6) is 0.106. The number of furan rings is 1. The van der Waals surface area contributed by atoms with E-state index in [0.717, 1.165) is 11.3 Å². The minimum Gasteiger partial charge on any atom is -0.459 e. The Bertz CT molecular complexity index is 1010. The third-order valence-electron chi connectivity index (χ3n) is 5.23. The zero-order chi connectivity index (χ0) is 20.9. The van der Waals surface area contributed by atoms with Gasteiger partial charge in [-0.3, -0.25) is 14.5 Å². The van der Waals surface area contributed by atoms with E-state index in [1.165, 1.54) is 17.6 Å². The average Bonchev–Trinajstić information content (AvgIpc) is 3.50. The van der Waals surface area contributed by atoms with Crippen molar-refractivity contribution in [3.05, 3.63) is 72.5 Å². The predicted octanol–water partition coefficient (Wildman–Crippen LogP) is 4.47. The molecule has 0 bridgehead atoms. The van der Waals surface area contributed by atoms with Crippen LogP contribution in [-0.4, -0.2) is 41.3 Å². The first-order valence-electron chi connectivity index (χ1n) is 9.93. The summed E-state index contributed by atoms with van der Waals surface area (Å²) in [5, 5.41) is 2.64. The second kappa shape index (κ2) is 9.09. The van der Waals surface area contributed by atoms with E-state index in [1.807, 2.05) is 35.7 Å². The van der Waals surface area contributed by atoms with Crippen molar-refractivity contribution in [1.82, 2.24) is 9.88 Å². The largest absolute Gasteiger partial charge is 0.459 e. The van der Waals surface area contributed by atoms with Crippen LogP contribution in [0.4, 0.5) is 5.13 Å². The van der Waals surface area contributed by atoms with Crippen molar-refractivity contribution in [2.24, 2.45) is 5.92 Å². The number of piperidine rings is 1. The maximum Gasteiger partial charge on any atom is 0.289 e. The number of thiazole rings is 1. The third-order valence-corrected chi connectivity index (χ3v) is 6.10. The fourth-order valence-corrected chi connectivity index (χ4v) is 4.48. The van der Waals surface area contributed by atoms with E-state index in [-0.39, 0.29) is 17.7 Å². The molecule has 30 heavy (non-hydrogen) atoms. The lowest BCUT2D eigenvalue weighted by Crippen LogP contribution is -2.44. The lowest BCUT2D eigenvalue weighted by Gasteiger charge is -2.33.